The molecule has 0 saturated heterocycles. The number of H-pyrrole nitrogens is 2. The van der Waals surface area contributed by atoms with Crippen LogP contribution in [0.15, 0.2) is 406 Å². The van der Waals surface area contributed by atoms with Crippen molar-refractivity contribution in [2.75, 3.05) is 10.2 Å². The molecule has 0 spiro atoms. The van der Waals surface area contributed by atoms with E-state index in [0.29, 0.717) is 0 Å². The average Bonchev–Trinajstić information content (AvgIpc) is 1.57. The quantitative estimate of drug-likeness (QED) is 0.135. The zero-order chi connectivity index (χ0) is 94.2. The number of nitrogens with one attached hydrogen (secondary N) is 3. The van der Waals surface area contributed by atoms with Crippen molar-refractivity contribution in [1.82, 2.24) is 9.97 Å². The molecule has 0 fully saturated rings. The SMILES string of the molecule is Cc1ccc(-c2ccc(-c3ccc4c(c3)Cc3cc(C)ccc3-4)cc2)cc1.Cc1ccc(-c2ccc3c(c2)Cc2cc(C)ccc2-3)cc1.Cc1ccc(N(c2ccccc2)c2ccc(-c3ccc4c(c3)Cc3cc(C)ccc3-4)cc2)cc1.Cc1ccc2c(c1)Cc1cc(-c3ccc4c(c3)[nH]c3cc(C)ccc34)ccc1-2.Cc1ccc2c(c1)Nc1cc(-c3ccc4c(c3)[nH]c3cc(C)ccc34)ccc1O2. The maximum atomic E-state index is 6.08. The molecule has 27 rings (SSSR count). The third kappa shape index (κ3) is 17.4. The second kappa shape index (κ2) is 36.2. The average molecular weight is 1790 g/mol. The third-order valence-electron chi connectivity index (χ3n) is 28.7. The number of benzene rings is 20. The summed E-state index contributed by atoms with van der Waals surface area (Å²) in [5.74, 6) is 1.72. The van der Waals surface area contributed by atoms with E-state index in [1.807, 2.05) is 12.1 Å². The lowest BCUT2D eigenvalue weighted by atomic mass is 9.97. The van der Waals surface area contributed by atoms with Crippen molar-refractivity contribution < 1.29 is 4.74 Å². The Labute approximate surface area is 815 Å². The van der Waals surface area contributed by atoms with Crippen LogP contribution in [0, 0.1) is 69.2 Å². The second-order valence-corrected chi connectivity index (χ2v) is 39.0. The molecular formula is C134H108N4O. The van der Waals surface area contributed by atoms with Crippen LogP contribution < -0.4 is 15.0 Å². The zero-order valence-corrected chi connectivity index (χ0v) is 80.4. The van der Waals surface area contributed by atoms with Gasteiger partial charge in [-0.3, -0.25) is 0 Å². The van der Waals surface area contributed by atoms with Crippen molar-refractivity contribution in [1.29, 1.82) is 0 Å². The van der Waals surface area contributed by atoms with E-state index in [4.69, 9.17) is 4.74 Å². The molecule has 0 atom stereocenters. The Morgan fingerprint density at radius 2 is 0.403 bits per heavy atom. The maximum absolute atomic E-state index is 6.08. The summed E-state index contributed by atoms with van der Waals surface area (Å²) in [7, 11) is 0. The highest BCUT2D eigenvalue weighted by Gasteiger charge is 2.26. The van der Waals surface area contributed by atoms with Crippen molar-refractivity contribution in [3.8, 4) is 123 Å². The normalized spacial score (nSPS) is 12.1. The van der Waals surface area contributed by atoms with Crippen LogP contribution >= 0.6 is 0 Å². The van der Waals surface area contributed by atoms with Crippen LogP contribution in [0.4, 0.5) is 28.4 Å². The molecule has 0 amide bonds. The van der Waals surface area contributed by atoms with Gasteiger partial charge in [-0.25, -0.2) is 0 Å². The van der Waals surface area contributed by atoms with Crippen molar-refractivity contribution in [3.63, 3.8) is 0 Å². The number of aromatic amines is 2. The van der Waals surface area contributed by atoms with E-state index in [0.717, 1.165) is 76.7 Å². The van der Waals surface area contributed by atoms with Gasteiger partial charge in [0.05, 0.1) is 11.4 Å². The Balaban J connectivity index is 0.0000000978. The zero-order valence-electron chi connectivity index (χ0n) is 80.4. The van der Waals surface area contributed by atoms with Crippen molar-refractivity contribution in [2.45, 2.75) is 94.9 Å². The number of hydrogen-bond acceptors (Lipinski definition) is 3. The van der Waals surface area contributed by atoms with Gasteiger partial charge < -0.3 is 24.9 Å². The van der Waals surface area contributed by atoms with Crippen molar-refractivity contribution in [2.24, 2.45) is 0 Å². The number of ether oxygens (including phenoxy) is 1. The van der Waals surface area contributed by atoms with Gasteiger partial charge >= 0.3 is 0 Å². The second-order valence-electron chi connectivity index (χ2n) is 39.0. The van der Waals surface area contributed by atoms with E-state index in [2.05, 4.69) is 484 Å². The first-order valence-corrected chi connectivity index (χ1v) is 48.8. The lowest BCUT2D eigenvalue weighted by molar-refractivity contribution is 0.481. The van der Waals surface area contributed by atoms with E-state index < -0.39 is 0 Å². The Bertz CT molecular complexity index is 8560. The summed E-state index contributed by atoms with van der Waals surface area (Å²) in [4.78, 5) is 9.48. The van der Waals surface area contributed by atoms with Crippen molar-refractivity contribution in [3.05, 3.63) is 507 Å². The van der Waals surface area contributed by atoms with Crippen LogP contribution in [-0.4, -0.2) is 9.97 Å². The lowest BCUT2D eigenvalue weighted by Gasteiger charge is -2.25. The van der Waals surface area contributed by atoms with Crippen LogP contribution in [0.1, 0.15) is 100 Å². The standard InChI is InChI=1S/C33H27N.C27H21N.C27H22.C26H20N2O.C21H18/c1-23-8-14-30(15-9-23)34(29-6-4-3-5-7-29)31-16-11-25(12-17-31)26-13-19-33-28(21-26)22-27-20-24(2)10-18-32(27)33;1-16-3-7-22-20(11-16)14-21-13-18(5-9-23(21)22)19-6-10-25-24-8-4-17(2)12-26(24)28-27(25)15-19;1-18-3-6-20(7-4-18)21-8-10-22(11-9-21)23-12-14-27-25(16-23)17-24-15-19(2)5-13-26(24)27;1-15-3-7-19-20-8-5-17(13-22(20)27-21(19)11-15)18-6-10-26-24(14-18)28-23-12-16(2)4-9-25(23)29-26;1-14-3-6-16(7-4-14)17-8-10-21-19(12-17)13-18-11-15(2)5-9-20(18)21/h3-21H,22H2,1-2H3;3-13,15,28H,14H2,1-2H3;3-16H,17H2,1-2H3;3-14,27-28H,1-2H3;3-12H,13H2,1-2H3. The molecule has 670 valence electrons. The first-order valence-electron chi connectivity index (χ1n) is 48.8. The van der Waals surface area contributed by atoms with Gasteiger partial charge in [-0.05, 0) is 352 Å². The van der Waals surface area contributed by atoms with E-state index in [9.17, 15) is 0 Å². The molecule has 0 saturated carbocycles. The van der Waals surface area contributed by atoms with Gasteiger partial charge in [-0.15, -0.1) is 0 Å². The summed E-state index contributed by atoms with van der Waals surface area (Å²) in [5.41, 5.74) is 61.1. The predicted octanol–water partition coefficient (Wildman–Crippen LogP) is 36.4. The highest BCUT2D eigenvalue weighted by atomic mass is 16.5. The van der Waals surface area contributed by atoms with Gasteiger partial charge in [0.25, 0.3) is 0 Å². The molecule has 3 N–H and O–H groups in total. The minimum atomic E-state index is 0.854. The molecule has 0 unspecified atom stereocenters. The van der Waals surface area contributed by atoms with Crippen molar-refractivity contribution >= 4 is 72.0 Å². The number of hydrogen-bond donors (Lipinski definition) is 3. The number of rotatable bonds is 9. The Morgan fingerprint density at radius 3 is 0.791 bits per heavy atom. The van der Waals surface area contributed by atoms with Crippen LogP contribution in [-0.2, 0) is 25.7 Å². The van der Waals surface area contributed by atoms with Gasteiger partial charge in [0.2, 0.25) is 0 Å². The largest absolute Gasteiger partial charge is 0.453 e. The number of anilines is 5. The van der Waals surface area contributed by atoms with E-state index in [-0.39, 0.29) is 0 Å². The third-order valence-corrected chi connectivity index (χ3v) is 28.7. The first kappa shape index (κ1) is 86.5. The summed E-state index contributed by atoms with van der Waals surface area (Å²) in [6, 6.07) is 149. The van der Waals surface area contributed by atoms with E-state index >= 15 is 0 Å². The summed E-state index contributed by atoms with van der Waals surface area (Å²) in [5, 5.41) is 8.64. The smallest absolute Gasteiger partial charge is 0.151 e. The molecule has 2 aromatic heterocycles. The number of aromatic nitrogens is 2. The topological polar surface area (TPSA) is 56.1 Å². The van der Waals surface area contributed by atoms with E-state index in [1.54, 1.807) is 0 Å². The van der Waals surface area contributed by atoms with Crippen LogP contribution in [0.3, 0.4) is 0 Å². The van der Waals surface area contributed by atoms with Crippen LogP contribution in [0.5, 0.6) is 11.5 Å². The van der Waals surface area contributed by atoms with Gasteiger partial charge in [0.1, 0.15) is 0 Å². The number of fused-ring (bicyclic) bond motifs is 20. The van der Waals surface area contributed by atoms with Crippen LogP contribution in [0.25, 0.3) is 155 Å². The molecule has 139 heavy (non-hydrogen) atoms. The Kier molecular flexibility index (Phi) is 22.5. The fourth-order valence-corrected chi connectivity index (χ4v) is 21.3. The number of nitrogens with zero attached hydrogens (tertiary/aromatic N) is 1. The maximum Gasteiger partial charge on any atom is 0.151 e. The minimum Gasteiger partial charge on any atom is -0.453 e. The lowest BCUT2D eigenvalue weighted by Crippen LogP contribution is -2.09. The summed E-state index contributed by atoms with van der Waals surface area (Å²) in [6.45, 7) is 21.4. The molecular weight excluding hydrogens is 1680 g/mol. The van der Waals surface area contributed by atoms with Gasteiger partial charge in [0, 0.05) is 60.7 Å². The molecule has 5 nitrogen and oxygen atoms in total. The van der Waals surface area contributed by atoms with Gasteiger partial charge in [0.15, 0.2) is 11.5 Å². The molecule has 3 heterocycles. The molecule has 20 aromatic carbocycles. The van der Waals surface area contributed by atoms with E-state index in [1.165, 1.54) is 244 Å². The molecule has 0 bridgehead atoms. The van der Waals surface area contributed by atoms with Crippen LogP contribution in [0.2, 0.25) is 0 Å². The molecule has 5 heteroatoms. The fraction of sp³-hybridized carbons (Fsp3) is 0.104. The van der Waals surface area contributed by atoms with Gasteiger partial charge in [-0.1, -0.05) is 360 Å². The monoisotopic (exact) mass is 1790 g/mol. The summed E-state index contributed by atoms with van der Waals surface area (Å²) < 4.78 is 6.08. The predicted molar refractivity (Wildman–Crippen MR) is 588 cm³/mol. The molecule has 22 aromatic rings. The fourth-order valence-electron chi connectivity index (χ4n) is 21.3. The number of aryl methyl sites for hydroxylation is 10. The summed E-state index contributed by atoms with van der Waals surface area (Å²) >= 11 is 0. The number of para-hydroxylation sites is 1. The first-order chi connectivity index (χ1) is 67.8. The Morgan fingerprint density at radius 1 is 0.180 bits per heavy atom. The minimum absolute atomic E-state index is 0.854. The molecule has 0 radical (unpaired) electrons. The molecule has 4 aliphatic carbocycles. The van der Waals surface area contributed by atoms with Gasteiger partial charge in [-0.2, -0.15) is 0 Å². The Hall–Kier alpha value is -16.6. The highest BCUT2D eigenvalue weighted by Crippen LogP contribution is 2.49. The summed E-state index contributed by atoms with van der Waals surface area (Å²) in [6.07, 6.45) is 4.16. The molecule has 1 aliphatic heterocycles. The highest BCUT2D eigenvalue weighted by molar-refractivity contribution is 6.10. The molecule has 5 aliphatic rings.